The van der Waals surface area contributed by atoms with E-state index in [1.807, 2.05) is 13.8 Å². The molecule has 0 aliphatic carbocycles. The van der Waals surface area contributed by atoms with Gasteiger partial charge in [-0.2, -0.15) is 0 Å². The molecule has 0 amide bonds. The molecule has 70 valence electrons. The molecular weight excluding hydrogens is 156 g/mol. The van der Waals surface area contributed by atoms with Gasteiger partial charge in [0.15, 0.2) is 0 Å². The minimum absolute atomic E-state index is 0.0245. The fourth-order valence-electron chi connectivity index (χ4n) is 0.610. The minimum atomic E-state index is -0.279. The van der Waals surface area contributed by atoms with Crippen molar-refractivity contribution in [2.45, 2.75) is 33.6 Å². The molecule has 0 heterocycles. The Morgan fingerprint density at radius 3 is 2.25 bits per heavy atom. The van der Waals surface area contributed by atoms with Crippen LogP contribution >= 0.6 is 0 Å². The normalized spacial score (nSPS) is 10.0. The maximum absolute atomic E-state index is 10.9. The lowest BCUT2D eigenvalue weighted by molar-refractivity contribution is -0.145. The maximum Gasteiger partial charge on any atom is 0.306 e. The number of carbonyl (C=O) groups excluding carboxylic acids is 2. The van der Waals surface area contributed by atoms with Gasteiger partial charge in [0, 0.05) is 6.42 Å². The molecule has 0 aromatic carbocycles. The van der Waals surface area contributed by atoms with E-state index in [4.69, 9.17) is 4.74 Å². The highest BCUT2D eigenvalue weighted by atomic mass is 16.5. The number of hydrogen-bond donors (Lipinski definition) is 0. The first-order valence-electron chi connectivity index (χ1n) is 4.17. The van der Waals surface area contributed by atoms with E-state index in [0.717, 1.165) is 0 Å². The number of rotatable bonds is 5. The summed E-state index contributed by atoms with van der Waals surface area (Å²) in [5, 5.41) is 0. The third kappa shape index (κ3) is 7.25. The monoisotopic (exact) mass is 172 g/mol. The molecule has 0 rings (SSSR count). The molecule has 0 saturated heterocycles. The second-order valence-corrected chi connectivity index (χ2v) is 3.28. The Hall–Kier alpha value is -0.860. The van der Waals surface area contributed by atoms with Crippen LogP contribution < -0.4 is 0 Å². The third-order valence-corrected chi connectivity index (χ3v) is 1.26. The molecule has 0 fully saturated rings. The molecular formula is C9H16O3. The molecule has 0 atom stereocenters. The fraction of sp³-hybridized carbons (Fsp3) is 0.778. The Balaban J connectivity index is 3.40. The summed E-state index contributed by atoms with van der Waals surface area (Å²) in [4.78, 5) is 21.4. The van der Waals surface area contributed by atoms with Crippen LogP contribution in [-0.4, -0.2) is 18.4 Å². The summed E-state index contributed by atoms with van der Waals surface area (Å²) in [6, 6.07) is 0. The molecule has 0 aliphatic rings. The van der Waals surface area contributed by atoms with Gasteiger partial charge in [-0.15, -0.1) is 0 Å². The van der Waals surface area contributed by atoms with Crippen LogP contribution in [0.15, 0.2) is 0 Å². The van der Waals surface area contributed by atoms with Crippen molar-refractivity contribution in [1.82, 2.24) is 0 Å². The summed E-state index contributed by atoms with van der Waals surface area (Å²) in [7, 11) is 0. The second kappa shape index (κ2) is 5.75. The van der Waals surface area contributed by atoms with E-state index in [0.29, 0.717) is 12.5 Å². The van der Waals surface area contributed by atoms with Crippen molar-refractivity contribution in [2.75, 3.05) is 6.61 Å². The van der Waals surface area contributed by atoms with E-state index >= 15 is 0 Å². The third-order valence-electron chi connectivity index (χ3n) is 1.26. The number of hydrogen-bond acceptors (Lipinski definition) is 3. The molecule has 0 aromatic rings. The van der Waals surface area contributed by atoms with Crippen molar-refractivity contribution in [1.29, 1.82) is 0 Å². The molecule has 0 saturated carbocycles. The van der Waals surface area contributed by atoms with Gasteiger partial charge in [0.2, 0.25) is 0 Å². The molecule has 0 aliphatic heterocycles. The van der Waals surface area contributed by atoms with Crippen molar-refractivity contribution < 1.29 is 14.3 Å². The number of esters is 1. The highest BCUT2D eigenvalue weighted by Gasteiger charge is 2.05. The largest absolute Gasteiger partial charge is 0.465 e. The van der Waals surface area contributed by atoms with Gasteiger partial charge in [0.25, 0.3) is 0 Å². The molecule has 0 aromatic heterocycles. The summed E-state index contributed by atoms with van der Waals surface area (Å²) in [6.07, 6.45) is 0.499. The van der Waals surface area contributed by atoms with Crippen molar-refractivity contribution in [2.24, 2.45) is 5.92 Å². The molecule has 0 N–H and O–H groups in total. The smallest absolute Gasteiger partial charge is 0.306 e. The highest BCUT2D eigenvalue weighted by Crippen LogP contribution is 1.97. The number of ketones is 1. The Bertz CT molecular complexity index is 161. The van der Waals surface area contributed by atoms with Crippen LogP contribution in [0.3, 0.4) is 0 Å². The molecule has 3 heteroatoms. The second-order valence-electron chi connectivity index (χ2n) is 3.28. The van der Waals surface area contributed by atoms with Crippen LogP contribution in [0, 0.1) is 5.92 Å². The van der Waals surface area contributed by atoms with Gasteiger partial charge in [-0.25, -0.2) is 0 Å². The highest BCUT2D eigenvalue weighted by molar-refractivity contribution is 5.80. The molecule has 3 nitrogen and oxygen atoms in total. The quantitative estimate of drug-likeness (QED) is 0.591. The number of Topliss-reactive ketones (excluding diaryl/α,β-unsaturated/α-hetero) is 1. The van der Waals surface area contributed by atoms with Crippen molar-refractivity contribution in [3.8, 4) is 0 Å². The average Bonchev–Trinajstić information content (AvgIpc) is 1.96. The Morgan fingerprint density at radius 2 is 1.83 bits per heavy atom. The van der Waals surface area contributed by atoms with Crippen molar-refractivity contribution in [3.63, 3.8) is 0 Å². The number of ether oxygens (including phenoxy) is 1. The summed E-state index contributed by atoms with van der Waals surface area (Å²) in [5.74, 6) is 0.0988. The van der Waals surface area contributed by atoms with E-state index in [9.17, 15) is 9.59 Å². The average molecular weight is 172 g/mol. The zero-order valence-corrected chi connectivity index (χ0v) is 7.92. The minimum Gasteiger partial charge on any atom is -0.465 e. The van der Waals surface area contributed by atoms with Crippen LogP contribution in [0.1, 0.15) is 33.6 Å². The summed E-state index contributed by atoms with van der Waals surface area (Å²) in [5.41, 5.74) is 0. The molecule has 0 unspecified atom stereocenters. The lowest BCUT2D eigenvalue weighted by Crippen LogP contribution is -2.10. The first kappa shape index (κ1) is 11.1. The lowest BCUT2D eigenvalue weighted by atomic mass is 10.2. The van der Waals surface area contributed by atoms with Crippen LogP contribution in [0.5, 0.6) is 0 Å². The standard InChI is InChI=1S/C9H16O3/c1-7(2)6-12-9(11)5-4-8(3)10/h7H,4-6H2,1-3H3. The van der Waals surface area contributed by atoms with Crippen molar-refractivity contribution >= 4 is 11.8 Å². The van der Waals surface area contributed by atoms with Gasteiger partial charge in [0.1, 0.15) is 5.78 Å². The zero-order valence-electron chi connectivity index (χ0n) is 7.92. The summed E-state index contributed by atoms with van der Waals surface area (Å²) in [6.45, 7) is 5.85. The van der Waals surface area contributed by atoms with E-state index in [1.54, 1.807) is 0 Å². The fourth-order valence-corrected chi connectivity index (χ4v) is 0.610. The van der Waals surface area contributed by atoms with Crippen LogP contribution in [0.4, 0.5) is 0 Å². The van der Waals surface area contributed by atoms with E-state index in [2.05, 4.69) is 0 Å². The zero-order chi connectivity index (χ0) is 9.56. The van der Waals surface area contributed by atoms with Crippen LogP contribution in [0.2, 0.25) is 0 Å². The Kier molecular flexibility index (Phi) is 5.34. The molecule has 0 spiro atoms. The van der Waals surface area contributed by atoms with E-state index < -0.39 is 0 Å². The van der Waals surface area contributed by atoms with Crippen molar-refractivity contribution in [3.05, 3.63) is 0 Å². The van der Waals surface area contributed by atoms with Gasteiger partial charge < -0.3 is 9.53 Å². The topological polar surface area (TPSA) is 43.4 Å². The molecule has 0 radical (unpaired) electrons. The Morgan fingerprint density at radius 1 is 1.25 bits per heavy atom. The first-order valence-corrected chi connectivity index (χ1v) is 4.17. The van der Waals surface area contributed by atoms with Gasteiger partial charge in [-0.3, -0.25) is 4.79 Å². The SMILES string of the molecule is CC(=O)CCC(=O)OCC(C)C. The molecule has 0 bridgehead atoms. The Labute approximate surface area is 73.1 Å². The number of carbonyl (C=O) groups is 2. The van der Waals surface area contributed by atoms with Gasteiger partial charge in [-0.1, -0.05) is 13.8 Å². The van der Waals surface area contributed by atoms with E-state index in [-0.39, 0.29) is 24.6 Å². The lowest BCUT2D eigenvalue weighted by Gasteiger charge is -2.05. The van der Waals surface area contributed by atoms with E-state index in [1.165, 1.54) is 6.92 Å². The van der Waals surface area contributed by atoms with Crippen LogP contribution in [0.25, 0.3) is 0 Å². The predicted molar refractivity (Wildman–Crippen MR) is 45.7 cm³/mol. The van der Waals surface area contributed by atoms with Gasteiger partial charge in [0.05, 0.1) is 13.0 Å². The van der Waals surface area contributed by atoms with Crippen LogP contribution in [-0.2, 0) is 14.3 Å². The van der Waals surface area contributed by atoms with Gasteiger partial charge in [-0.05, 0) is 12.8 Å². The maximum atomic E-state index is 10.9. The molecule has 12 heavy (non-hydrogen) atoms. The summed E-state index contributed by atoms with van der Waals surface area (Å²) >= 11 is 0. The van der Waals surface area contributed by atoms with Gasteiger partial charge >= 0.3 is 5.97 Å². The summed E-state index contributed by atoms with van der Waals surface area (Å²) < 4.78 is 4.86. The predicted octanol–water partition coefficient (Wildman–Crippen LogP) is 1.55. The first-order chi connectivity index (χ1) is 5.52.